The summed E-state index contributed by atoms with van der Waals surface area (Å²) in [5.41, 5.74) is 2.56. The van der Waals surface area contributed by atoms with Crippen molar-refractivity contribution in [2.75, 3.05) is 24.6 Å². The van der Waals surface area contributed by atoms with Gasteiger partial charge in [0.25, 0.3) is 5.92 Å². The van der Waals surface area contributed by atoms with Crippen LogP contribution in [0.15, 0.2) is 48.5 Å². The number of nitrogens with zero attached hydrogens (tertiary/aromatic N) is 2. The average Bonchev–Trinajstić information content (AvgIpc) is 2.73. The molecular formula is C23H21ClF2N2O2. The number of aromatic nitrogens is 1. The first-order valence-corrected chi connectivity index (χ1v) is 10.3. The molecule has 4 rings (SSSR count). The standard InChI is InChI=1S/C23H21ClF2N2O2/c1-2-30-22(29)20-19(15-7-3-5-9-17(15)24)21(16-8-4-6-10-18(16)27-20)28-13-11-23(25,26)12-14-28/h3-10H,2,11-14H2,1H3. The molecule has 3 aromatic rings. The zero-order chi connectivity index (χ0) is 21.3. The minimum absolute atomic E-state index is 0.135. The first-order valence-electron chi connectivity index (χ1n) is 9.89. The molecule has 1 aromatic heterocycles. The predicted octanol–water partition coefficient (Wildman–Crippen LogP) is 5.97. The van der Waals surface area contributed by atoms with E-state index in [1.807, 2.05) is 29.2 Å². The van der Waals surface area contributed by atoms with Gasteiger partial charge in [-0.05, 0) is 19.1 Å². The maximum Gasteiger partial charge on any atom is 0.357 e. The molecule has 0 N–H and O–H groups in total. The van der Waals surface area contributed by atoms with Crippen molar-refractivity contribution >= 4 is 34.2 Å². The van der Waals surface area contributed by atoms with E-state index in [4.69, 9.17) is 16.3 Å². The molecule has 0 atom stereocenters. The molecule has 0 unspecified atom stereocenters. The summed E-state index contributed by atoms with van der Waals surface area (Å²) in [4.78, 5) is 19.4. The molecule has 1 aliphatic heterocycles. The van der Waals surface area contributed by atoms with Gasteiger partial charge in [-0.3, -0.25) is 0 Å². The molecule has 0 spiro atoms. The average molecular weight is 431 g/mol. The van der Waals surface area contributed by atoms with Gasteiger partial charge in [0.1, 0.15) is 0 Å². The van der Waals surface area contributed by atoms with E-state index in [1.54, 1.807) is 31.2 Å². The topological polar surface area (TPSA) is 42.4 Å². The SMILES string of the molecule is CCOC(=O)c1nc2ccccc2c(N2CCC(F)(F)CC2)c1-c1ccccc1Cl. The third-order valence-corrected chi connectivity index (χ3v) is 5.62. The quantitative estimate of drug-likeness (QED) is 0.478. The van der Waals surface area contributed by atoms with E-state index < -0.39 is 11.9 Å². The summed E-state index contributed by atoms with van der Waals surface area (Å²) in [5.74, 6) is -3.25. The molecule has 0 aliphatic carbocycles. The fourth-order valence-electron chi connectivity index (χ4n) is 3.85. The van der Waals surface area contributed by atoms with Crippen LogP contribution < -0.4 is 4.90 Å². The highest BCUT2D eigenvalue weighted by Crippen LogP contribution is 2.43. The molecule has 7 heteroatoms. The second-order valence-electron chi connectivity index (χ2n) is 7.24. The second kappa shape index (κ2) is 8.19. The highest BCUT2D eigenvalue weighted by Gasteiger charge is 2.36. The van der Waals surface area contributed by atoms with E-state index in [-0.39, 0.29) is 38.2 Å². The molecule has 156 valence electrons. The van der Waals surface area contributed by atoms with Crippen molar-refractivity contribution in [2.45, 2.75) is 25.7 Å². The lowest BCUT2D eigenvalue weighted by atomic mass is 9.95. The lowest BCUT2D eigenvalue weighted by Gasteiger charge is -2.35. The number of para-hydroxylation sites is 1. The summed E-state index contributed by atoms with van der Waals surface area (Å²) >= 11 is 6.50. The van der Waals surface area contributed by atoms with E-state index in [9.17, 15) is 13.6 Å². The van der Waals surface area contributed by atoms with E-state index in [0.29, 0.717) is 27.4 Å². The Morgan fingerprint density at radius 3 is 2.50 bits per heavy atom. The molecule has 2 aromatic carbocycles. The Bertz CT molecular complexity index is 1090. The number of carbonyl (C=O) groups excluding carboxylic acids is 1. The van der Waals surface area contributed by atoms with Crippen molar-refractivity contribution in [3.8, 4) is 11.1 Å². The van der Waals surface area contributed by atoms with Crippen molar-refractivity contribution in [1.82, 2.24) is 4.98 Å². The van der Waals surface area contributed by atoms with Crippen molar-refractivity contribution in [3.05, 3.63) is 59.2 Å². The van der Waals surface area contributed by atoms with E-state index in [0.717, 1.165) is 5.39 Å². The van der Waals surface area contributed by atoms with Crippen LogP contribution in [0.1, 0.15) is 30.3 Å². The molecule has 0 amide bonds. The number of anilines is 1. The van der Waals surface area contributed by atoms with Gasteiger partial charge in [0.15, 0.2) is 5.69 Å². The largest absolute Gasteiger partial charge is 0.461 e. The fourth-order valence-corrected chi connectivity index (χ4v) is 4.08. The maximum atomic E-state index is 13.9. The molecule has 30 heavy (non-hydrogen) atoms. The van der Waals surface area contributed by atoms with Crippen LogP contribution in [0.2, 0.25) is 5.02 Å². The van der Waals surface area contributed by atoms with Crippen LogP contribution in [0, 0.1) is 0 Å². The third-order valence-electron chi connectivity index (χ3n) is 5.29. The maximum absolute atomic E-state index is 13.9. The zero-order valence-electron chi connectivity index (χ0n) is 16.5. The highest BCUT2D eigenvalue weighted by molar-refractivity contribution is 6.34. The Hall–Kier alpha value is -2.73. The van der Waals surface area contributed by atoms with Gasteiger partial charge >= 0.3 is 5.97 Å². The van der Waals surface area contributed by atoms with Crippen molar-refractivity contribution < 1.29 is 18.3 Å². The minimum atomic E-state index is -2.69. The van der Waals surface area contributed by atoms with Crippen molar-refractivity contribution in [3.63, 3.8) is 0 Å². The van der Waals surface area contributed by atoms with Gasteiger partial charge in [0.05, 0.1) is 17.8 Å². The predicted molar refractivity (Wildman–Crippen MR) is 115 cm³/mol. The Morgan fingerprint density at radius 2 is 1.80 bits per heavy atom. The van der Waals surface area contributed by atoms with Crippen molar-refractivity contribution in [2.24, 2.45) is 0 Å². The fraction of sp³-hybridized carbons (Fsp3) is 0.304. The highest BCUT2D eigenvalue weighted by atomic mass is 35.5. The molecular weight excluding hydrogens is 410 g/mol. The van der Waals surface area contributed by atoms with E-state index in [2.05, 4.69) is 4.98 Å². The molecule has 4 nitrogen and oxygen atoms in total. The Morgan fingerprint density at radius 1 is 1.13 bits per heavy atom. The van der Waals surface area contributed by atoms with Crippen LogP contribution in [-0.4, -0.2) is 36.6 Å². The number of ether oxygens (including phenoxy) is 1. The molecule has 1 fully saturated rings. The van der Waals surface area contributed by atoms with Crippen molar-refractivity contribution in [1.29, 1.82) is 0 Å². The number of hydrogen-bond donors (Lipinski definition) is 0. The van der Waals surface area contributed by atoms with Gasteiger partial charge in [0, 0.05) is 47.5 Å². The number of piperidine rings is 1. The Labute approximate surface area is 178 Å². The number of carbonyl (C=O) groups is 1. The van der Waals surface area contributed by atoms with Crippen LogP contribution in [-0.2, 0) is 4.74 Å². The van der Waals surface area contributed by atoms with Crippen LogP contribution in [0.5, 0.6) is 0 Å². The lowest BCUT2D eigenvalue weighted by Crippen LogP contribution is -2.40. The van der Waals surface area contributed by atoms with Crippen LogP contribution in [0.3, 0.4) is 0 Å². The molecule has 0 radical (unpaired) electrons. The monoisotopic (exact) mass is 430 g/mol. The number of halogens is 3. The summed E-state index contributed by atoms with van der Waals surface area (Å²) < 4.78 is 33.0. The van der Waals surface area contributed by atoms with Crippen LogP contribution in [0.25, 0.3) is 22.0 Å². The van der Waals surface area contributed by atoms with Crippen LogP contribution in [0.4, 0.5) is 14.5 Å². The van der Waals surface area contributed by atoms with Gasteiger partial charge in [-0.25, -0.2) is 18.6 Å². The van der Waals surface area contributed by atoms with Crippen LogP contribution >= 0.6 is 11.6 Å². The summed E-state index contributed by atoms with van der Waals surface area (Å²) in [6.07, 6.45) is -0.499. The summed E-state index contributed by atoms with van der Waals surface area (Å²) in [6.45, 7) is 2.25. The molecule has 0 saturated carbocycles. The number of fused-ring (bicyclic) bond motifs is 1. The Balaban J connectivity index is 2.02. The number of rotatable bonds is 4. The number of benzene rings is 2. The molecule has 2 heterocycles. The zero-order valence-corrected chi connectivity index (χ0v) is 17.3. The smallest absolute Gasteiger partial charge is 0.357 e. The van der Waals surface area contributed by atoms with E-state index >= 15 is 0 Å². The van der Waals surface area contributed by atoms with Gasteiger partial charge in [-0.1, -0.05) is 48.0 Å². The first kappa shape index (κ1) is 20.5. The van der Waals surface area contributed by atoms with Gasteiger partial charge < -0.3 is 9.64 Å². The number of esters is 1. The number of hydrogen-bond acceptors (Lipinski definition) is 4. The summed E-state index contributed by atoms with van der Waals surface area (Å²) in [6, 6.07) is 14.5. The minimum Gasteiger partial charge on any atom is -0.461 e. The Kier molecular flexibility index (Phi) is 5.60. The molecule has 1 saturated heterocycles. The molecule has 0 bridgehead atoms. The normalized spacial score (nSPS) is 15.9. The second-order valence-corrected chi connectivity index (χ2v) is 7.65. The lowest BCUT2D eigenvalue weighted by molar-refractivity contribution is -0.0220. The van der Waals surface area contributed by atoms with E-state index in [1.165, 1.54) is 0 Å². The summed E-state index contributed by atoms with van der Waals surface area (Å²) in [7, 11) is 0. The molecule has 1 aliphatic rings. The summed E-state index contributed by atoms with van der Waals surface area (Å²) in [5, 5.41) is 1.23. The van der Waals surface area contributed by atoms with Gasteiger partial charge in [-0.2, -0.15) is 0 Å². The van der Waals surface area contributed by atoms with Gasteiger partial charge in [0.2, 0.25) is 0 Å². The first-order chi connectivity index (χ1) is 14.4. The third kappa shape index (κ3) is 3.84. The number of alkyl halides is 2. The van der Waals surface area contributed by atoms with Gasteiger partial charge in [-0.15, -0.1) is 0 Å². The number of pyridine rings is 1.